The van der Waals surface area contributed by atoms with Crippen molar-refractivity contribution >= 4 is 6.16 Å². The number of aliphatic hydroxyl groups is 1. The first-order chi connectivity index (χ1) is 5.16. The summed E-state index contributed by atoms with van der Waals surface area (Å²) < 4.78 is 4.29. The fourth-order valence-corrected chi connectivity index (χ4v) is 0.712. The maximum absolute atomic E-state index is 9.87. The molecular formula is C7H14O4. The summed E-state index contributed by atoms with van der Waals surface area (Å²) in [4.78, 5) is 9.87. The van der Waals surface area contributed by atoms with Crippen molar-refractivity contribution in [2.45, 2.75) is 19.8 Å². The summed E-state index contributed by atoms with van der Waals surface area (Å²) in [6, 6.07) is 0. The van der Waals surface area contributed by atoms with E-state index in [0.29, 0.717) is 18.8 Å². The van der Waals surface area contributed by atoms with E-state index in [0.717, 1.165) is 0 Å². The van der Waals surface area contributed by atoms with Crippen molar-refractivity contribution in [2.24, 2.45) is 5.92 Å². The van der Waals surface area contributed by atoms with Crippen molar-refractivity contribution in [3.8, 4) is 0 Å². The van der Waals surface area contributed by atoms with Crippen LogP contribution < -0.4 is 0 Å². The first kappa shape index (κ1) is 10.2. The first-order valence-electron chi connectivity index (χ1n) is 3.63. The molecule has 0 aliphatic carbocycles. The summed E-state index contributed by atoms with van der Waals surface area (Å²) in [6.07, 6.45) is 0.136. The molecular weight excluding hydrogens is 148 g/mol. The molecule has 0 aliphatic rings. The Labute approximate surface area is 65.8 Å². The van der Waals surface area contributed by atoms with Crippen LogP contribution in [-0.2, 0) is 4.74 Å². The third-order valence-electron chi connectivity index (χ3n) is 1.46. The van der Waals surface area contributed by atoms with E-state index < -0.39 is 6.16 Å². The van der Waals surface area contributed by atoms with Crippen molar-refractivity contribution in [2.75, 3.05) is 13.2 Å². The van der Waals surface area contributed by atoms with E-state index in [2.05, 4.69) is 4.74 Å². The average molecular weight is 162 g/mol. The fourth-order valence-electron chi connectivity index (χ4n) is 0.712. The molecule has 4 heteroatoms. The van der Waals surface area contributed by atoms with Gasteiger partial charge in [-0.2, -0.15) is 0 Å². The normalized spacial score (nSPS) is 12.5. The van der Waals surface area contributed by atoms with Crippen LogP contribution >= 0.6 is 0 Å². The Bertz CT molecular complexity index is 113. The number of hydrogen-bond donors (Lipinski definition) is 2. The minimum Gasteiger partial charge on any atom is -0.450 e. The smallest absolute Gasteiger partial charge is 0.450 e. The third kappa shape index (κ3) is 7.12. The summed E-state index contributed by atoms with van der Waals surface area (Å²) in [6.45, 7) is 2.31. The third-order valence-corrected chi connectivity index (χ3v) is 1.46. The molecule has 0 radical (unpaired) electrons. The largest absolute Gasteiger partial charge is 0.505 e. The van der Waals surface area contributed by atoms with Crippen molar-refractivity contribution in [1.29, 1.82) is 0 Å². The van der Waals surface area contributed by atoms with Gasteiger partial charge in [-0.3, -0.25) is 0 Å². The molecule has 0 saturated carbocycles. The highest BCUT2D eigenvalue weighted by Gasteiger charge is 2.02. The van der Waals surface area contributed by atoms with E-state index in [1.165, 1.54) is 0 Å². The van der Waals surface area contributed by atoms with Gasteiger partial charge in [-0.25, -0.2) is 4.79 Å². The predicted octanol–water partition coefficient (Wildman–Crippen LogP) is 1.09. The fraction of sp³-hybridized carbons (Fsp3) is 0.857. The van der Waals surface area contributed by atoms with Gasteiger partial charge in [0.2, 0.25) is 0 Å². The summed E-state index contributed by atoms with van der Waals surface area (Å²) in [7, 11) is 0. The Morgan fingerprint density at radius 3 is 2.64 bits per heavy atom. The summed E-state index contributed by atoms with van der Waals surface area (Å²) >= 11 is 0. The van der Waals surface area contributed by atoms with Gasteiger partial charge in [0.15, 0.2) is 0 Å². The molecule has 0 heterocycles. The van der Waals surface area contributed by atoms with E-state index in [9.17, 15) is 4.79 Å². The lowest BCUT2D eigenvalue weighted by molar-refractivity contribution is 0.0857. The zero-order chi connectivity index (χ0) is 8.69. The molecule has 0 fully saturated rings. The van der Waals surface area contributed by atoms with Gasteiger partial charge in [-0.15, -0.1) is 0 Å². The zero-order valence-electron chi connectivity index (χ0n) is 6.62. The highest BCUT2D eigenvalue weighted by molar-refractivity contribution is 5.56. The topological polar surface area (TPSA) is 66.8 Å². The van der Waals surface area contributed by atoms with Crippen LogP contribution in [0.25, 0.3) is 0 Å². The van der Waals surface area contributed by atoms with Crippen LogP contribution in [0.2, 0.25) is 0 Å². The molecule has 0 aromatic carbocycles. The highest BCUT2D eigenvalue weighted by atomic mass is 16.7. The Morgan fingerprint density at radius 1 is 1.55 bits per heavy atom. The van der Waals surface area contributed by atoms with Gasteiger partial charge < -0.3 is 14.9 Å². The van der Waals surface area contributed by atoms with E-state index in [4.69, 9.17) is 10.2 Å². The Balaban J connectivity index is 3.16. The molecule has 1 unspecified atom stereocenters. The van der Waals surface area contributed by atoms with Crippen LogP contribution in [0.4, 0.5) is 4.79 Å². The van der Waals surface area contributed by atoms with E-state index in [1.807, 2.05) is 6.92 Å². The van der Waals surface area contributed by atoms with Gasteiger partial charge in [0.1, 0.15) is 0 Å². The second-order valence-corrected chi connectivity index (χ2v) is 2.52. The molecule has 2 N–H and O–H groups in total. The Kier molecular flexibility index (Phi) is 5.56. The molecule has 0 rings (SSSR count). The molecule has 11 heavy (non-hydrogen) atoms. The monoisotopic (exact) mass is 162 g/mol. The second kappa shape index (κ2) is 5.97. The van der Waals surface area contributed by atoms with Crippen LogP contribution in [0.3, 0.4) is 0 Å². The highest BCUT2D eigenvalue weighted by Crippen LogP contribution is 2.05. The number of aliphatic hydroxyl groups excluding tert-OH is 1. The van der Waals surface area contributed by atoms with E-state index in [1.54, 1.807) is 0 Å². The quantitative estimate of drug-likeness (QED) is 0.594. The maximum Gasteiger partial charge on any atom is 0.505 e. The van der Waals surface area contributed by atoms with Crippen molar-refractivity contribution in [3.05, 3.63) is 0 Å². The standard InChI is InChI=1S/C7H14O4/c1-6(2-4-8)3-5-11-7(9)10/h6,8H,2-5H2,1H3,(H,9,10). The number of hydrogen-bond acceptors (Lipinski definition) is 3. The number of carboxylic acid groups (broad SMARTS) is 1. The van der Waals surface area contributed by atoms with Crippen LogP contribution in [0, 0.1) is 5.92 Å². The maximum atomic E-state index is 9.87. The summed E-state index contributed by atoms with van der Waals surface area (Å²) in [5.74, 6) is 0.319. The zero-order valence-corrected chi connectivity index (χ0v) is 6.62. The lowest BCUT2D eigenvalue weighted by Crippen LogP contribution is -2.07. The second-order valence-electron chi connectivity index (χ2n) is 2.52. The molecule has 0 amide bonds. The minimum absolute atomic E-state index is 0.147. The van der Waals surface area contributed by atoms with Gasteiger partial charge in [-0.05, 0) is 18.8 Å². The molecule has 0 spiro atoms. The Hall–Kier alpha value is -0.770. The van der Waals surface area contributed by atoms with Crippen LogP contribution in [0.1, 0.15) is 19.8 Å². The lowest BCUT2D eigenvalue weighted by Gasteiger charge is -2.07. The molecule has 1 atom stereocenters. The van der Waals surface area contributed by atoms with Gasteiger partial charge in [0, 0.05) is 6.61 Å². The average Bonchev–Trinajstić information content (AvgIpc) is 1.87. The molecule has 0 aromatic rings. The Morgan fingerprint density at radius 2 is 2.18 bits per heavy atom. The van der Waals surface area contributed by atoms with Crippen molar-refractivity contribution in [1.82, 2.24) is 0 Å². The first-order valence-corrected chi connectivity index (χ1v) is 3.63. The molecule has 0 aromatic heterocycles. The van der Waals surface area contributed by atoms with Crippen LogP contribution in [0.15, 0.2) is 0 Å². The van der Waals surface area contributed by atoms with Gasteiger partial charge in [0.25, 0.3) is 0 Å². The summed E-state index contributed by atoms with van der Waals surface area (Å²) in [5.41, 5.74) is 0. The molecule has 0 bridgehead atoms. The number of carbonyl (C=O) groups is 1. The molecule has 0 aliphatic heterocycles. The molecule has 66 valence electrons. The number of ether oxygens (including phenoxy) is 1. The van der Waals surface area contributed by atoms with Gasteiger partial charge in [0.05, 0.1) is 6.61 Å². The van der Waals surface area contributed by atoms with Gasteiger partial charge in [-0.1, -0.05) is 6.92 Å². The predicted molar refractivity (Wildman–Crippen MR) is 39.5 cm³/mol. The number of rotatable bonds is 5. The molecule has 4 nitrogen and oxygen atoms in total. The van der Waals surface area contributed by atoms with Crippen LogP contribution in [-0.4, -0.2) is 29.6 Å². The van der Waals surface area contributed by atoms with E-state index >= 15 is 0 Å². The van der Waals surface area contributed by atoms with Crippen molar-refractivity contribution < 1.29 is 19.7 Å². The SMILES string of the molecule is CC(CCO)CCOC(=O)O. The van der Waals surface area contributed by atoms with Crippen LogP contribution in [0.5, 0.6) is 0 Å². The van der Waals surface area contributed by atoms with Crippen molar-refractivity contribution in [3.63, 3.8) is 0 Å². The minimum atomic E-state index is -1.24. The lowest BCUT2D eigenvalue weighted by atomic mass is 10.1. The molecule has 0 saturated heterocycles. The summed E-state index contributed by atoms with van der Waals surface area (Å²) in [5, 5.41) is 16.6. The van der Waals surface area contributed by atoms with E-state index in [-0.39, 0.29) is 13.2 Å². The van der Waals surface area contributed by atoms with Gasteiger partial charge >= 0.3 is 6.16 Å².